The summed E-state index contributed by atoms with van der Waals surface area (Å²) in [6.45, 7) is 2.05. The van der Waals surface area contributed by atoms with Gasteiger partial charge in [-0.15, -0.1) is 0 Å². The van der Waals surface area contributed by atoms with Crippen LogP contribution in [0.25, 0.3) is 0 Å². The van der Waals surface area contributed by atoms with E-state index >= 15 is 0 Å². The Hall–Kier alpha value is -2.35. The Balaban J connectivity index is 1.52. The summed E-state index contributed by atoms with van der Waals surface area (Å²) in [5, 5.41) is 12.5. The summed E-state index contributed by atoms with van der Waals surface area (Å²) >= 11 is 0. The Kier molecular flexibility index (Phi) is 22.3. The average molecular weight is 704 g/mol. The van der Waals surface area contributed by atoms with Crippen molar-refractivity contribution < 1.29 is 42.9 Å². The van der Waals surface area contributed by atoms with E-state index in [2.05, 4.69) is 17.2 Å². The van der Waals surface area contributed by atoms with E-state index in [0.29, 0.717) is 25.8 Å². The first kappa shape index (κ1) is 41.8. The van der Waals surface area contributed by atoms with Gasteiger partial charge in [0.25, 0.3) is 11.5 Å². The second kappa shape index (κ2) is 25.6. The van der Waals surface area contributed by atoms with Gasteiger partial charge in [0.15, 0.2) is 12.8 Å². The van der Waals surface area contributed by atoms with Crippen LogP contribution in [0.5, 0.6) is 0 Å². The number of aromatic amines is 1. The van der Waals surface area contributed by atoms with Crippen LogP contribution in [0, 0.1) is 0 Å². The molecule has 2 heterocycles. The Labute approximate surface area is 284 Å². The van der Waals surface area contributed by atoms with Crippen LogP contribution >= 0.6 is 8.25 Å². The molecule has 1 aliphatic heterocycles. The number of ether oxygens (including phenoxy) is 3. The molecule has 1 amide bonds. The molecule has 15 heteroatoms. The minimum Gasteiger partial charge on any atom is -0.456 e. The molecule has 1 fully saturated rings. The van der Waals surface area contributed by atoms with Crippen molar-refractivity contribution in [1.29, 1.82) is 0 Å². The molecule has 276 valence electrons. The maximum atomic E-state index is 12.3. The number of aliphatic hydroxyl groups excluding tert-OH is 1. The van der Waals surface area contributed by atoms with Gasteiger partial charge in [0, 0.05) is 31.8 Å². The summed E-state index contributed by atoms with van der Waals surface area (Å²) in [5.74, 6) is -0.688. The van der Waals surface area contributed by atoms with Crippen molar-refractivity contribution in [2.75, 3.05) is 26.4 Å². The first-order chi connectivity index (χ1) is 23.3. The molecule has 0 aliphatic carbocycles. The van der Waals surface area contributed by atoms with Crippen molar-refractivity contribution >= 4 is 20.1 Å². The van der Waals surface area contributed by atoms with Crippen LogP contribution < -0.4 is 16.6 Å². The molecule has 2 unspecified atom stereocenters. The number of nitrogens with zero attached hydrogens (tertiary/aromatic N) is 1. The van der Waals surface area contributed by atoms with Gasteiger partial charge in [-0.3, -0.25) is 28.5 Å². The molecule has 0 spiro atoms. The summed E-state index contributed by atoms with van der Waals surface area (Å²) in [4.78, 5) is 59.3. The smallest absolute Gasteiger partial charge is 0.330 e. The van der Waals surface area contributed by atoms with Crippen LogP contribution in [0.4, 0.5) is 0 Å². The van der Waals surface area contributed by atoms with Gasteiger partial charge in [0.2, 0.25) is 0 Å². The van der Waals surface area contributed by atoms with Gasteiger partial charge >= 0.3 is 19.9 Å². The van der Waals surface area contributed by atoms with Crippen molar-refractivity contribution in [2.24, 2.45) is 0 Å². The summed E-state index contributed by atoms with van der Waals surface area (Å²) in [7, 11) is -3.42. The van der Waals surface area contributed by atoms with Crippen molar-refractivity contribution in [3.8, 4) is 0 Å². The normalized spacial score (nSPS) is 19.7. The van der Waals surface area contributed by atoms with Crippen molar-refractivity contribution in [3.05, 3.63) is 33.1 Å². The molecule has 5 atom stereocenters. The molecule has 48 heavy (non-hydrogen) atoms. The zero-order chi connectivity index (χ0) is 35.0. The van der Waals surface area contributed by atoms with E-state index in [-0.39, 0.29) is 25.1 Å². The van der Waals surface area contributed by atoms with E-state index in [9.17, 15) is 33.7 Å². The molecular formula is C33H58N3O11P. The van der Waals surface area contributed by atoms with Gasteiger partial charge in [-0.1, -0.05) is 96.8 Å². The van der Waals surface area contributed by atoms with Gasteiger partial charge in [0.1, 0.15) is 18.3 Å². The number of aromatic nitrogens is 2. The average Bonchev–Trinajstić information content (AvgIpc) is 3.39. The molecule has 1 aromatic rings. The lowest BCUT2D eigenvalue weighted by molar-refractivity contribution is -0.148. The van der Waals surface area contributed by atoms with Gasteiger partial charge in [-0.25, -0.2) is 4.79 Å². The third kappa shape index (κ3) is 17.3. The first-order valence-corrected chi connectivity index (χ1v) is 19.0. The topological polar surface area (TPSA) is 195 Å². The lowest BCUT2D eigenvalue weighted by Crippen LogP contribution is -2.40. The van der Waals surface area contributed by atoms with Gasteiger partial charge < -0.3 is 34.1 Å². The van der Waals surface area contributed by atoms with Crippen molar-refractivity contribution in [2.45, 2.75) is 147 Å². The number of hydrogen-bond acceptors (Lipinski definition) is 10. The van der Waals surface area contributed by atoms with Crippen molar-refractivity contribution in [1.82, 2.24) is 14.9 Å². The summed E-state index contributed by atoms with van der Waals surface area (Å²) in [5.41, 5.74) is -1.36. The maximum Gasteiger partial charge on any atom is 0.330 e. The van der Waals surface area contributed by atoms with E-state index in [1.165, 1.54) is 70.4 Å². The molecule has 1 aliphatic rings. The second-order valence-electron chi connectivity index (χ2n) is 12.4. The Morgan fingerprint density at radius 2 is 1.52 bits per heavy atom. The predicted molar refractivity (Wildman–Crippen MR) is 181 cm³/mol. The number of unbranched alkanes of at least 4 members (excludes halogenated alkanes) is 15. The highest BCUT2D eigenvalue weighted by atomic mass is 31.1. The molecule has 1 aromatic heterocycles. The minimum absolute atomic E-state index is 0.203. The predicted octanol–water partition coefficient (Wildman–Crippen LogP) is 4.28. The number of rotatable bonds is 28. The Morgan fingerprint density at radius 1 is 0.917 bits per heavy atom. The lowest BCUT2D eigenvalue weighted by atomic mass is 10.0. The Bertz CT molecular complexity index is 1180. The molecule has 0 saturated carbocycles. The van der Waals surface area contributed by atoms with E-state index in [1.54, 1.807) is 0 Å². The molecular weight excluding hydrogens is 645 g/mol. The van der Waals surface area contributed by atoms with E-state index in [4.69, 9.17) is 18.7 Å². The number of H-pyrrole nitrogens is 1. The minimum atomic E-state index is -3.42. The summed E-state index contributed by atoms with van der Waals surface area (Å²) in [6.07, 6.45) is 16.1. The van der Waals surface area contributed by atoms with Crippen LogP contribution in [0.3, 0.4) is 0 Å². The van der Waals surface area contributed by atoms with E-state index in [1.807, 2.05) is 0 Å². The highest BCUT2D eigenvalue weighted by molar-refractivity contribution is 7.32. The fourth-order valence-electron chi connectivity index (χ4n) is 5.73. The largest absolute Gasteiger partial charge is 0.456 e. The Morgan fingerprint density at radius 3 is 2.12 bits per heavy atom. The lowest BCUT2D eigenvalue weighted by Gasteiger charge is -2.24. The first-order valence-electron chi connectivity index (χ1n) is 17.8. The van der Waals surface area contributed by atoms with Crippen LogP contribution in [0.15, 0.2) is 21.9 Å². The number of hydrogen-bond donors (Lipinski definition) is 4. The summed E-state index contributed by atoms with van der Waals surface area (Å²) in [6, 6.07) is 1.13. The number of amides is 1. The fraction of sp³-hybridized carbons (Fsp3) is 0.818. The van der Waals surface area contributed by atoms with E-state index in [0.717, 1.165) is 42.7 Å². The molecule has 0 aromatic carbocycles. The third-order valence-corrected chi connectivity index (χ3v) is 8.85. The van der Waals surface area contributed by atoms with Gasteiger partial charge in [0.05, 0.1) is 6.61 Å². The zero-order valence-corrected chi connectivity index (χ0v) is 29.5. The van der Waals surface area contributed by atoms with Gasteiger partial charge in [-0.05, 0) is 19.3 Å². The summed E-state index contributed by atoms with van der Waals surface area (Å²) < 4.78 is 34.3. The van der Waals surface area contributed by atoms with E-state index < -0.39 is 50.7 Å². The standard InChI is InChI=1S/C33H58N3O11P/c1-2-3-4-5-6-7-8-9-10-11-12-13-16-19-29(40)45-25-28(39)34-21-17-14-15-18-23-44-31-30(47-48(42)43)26(24-37)46-32(31)36-22-20-27(38)35-33(36)41/h20,22,26,30-32,37,48H,2-19,21,23-25H2,1H3,(H,34,39)(H,42,43)(H,35,38,41)/t26-,30+,31?,32-/m1/s1. The van der Waals surface area contributed by atoms with Crippen LogP contribution in [0.2, 0.25) is 0 Å². The molecule has 1 saturated heterocycles. The third-order valence-electron chi connectivity index (χ3n) is 8.38. The van der Waals surface area contributed by atoms with Crippen LogP contribution in [0.1, 0.15) is 129 Å². The molecule has 4 N–H and O–H groups in total. The number of carbonyl (C=O) groups excluding carboxylic acids is 2. The number of carbonyl (C=O) groups is 2. The number of nitrogens with one attached hydrogen (secondary N) is 2. The highest BCUT2D eigenvalue weighted by Crippen LogP contribution is 2.37. The SMILES string of the molecule is CCCCCCCCCCCCCCCC(=O)OCC(=O)NCCCCCCOC1[C@@H](O[PH](=O)O)[C@@H](CO)O[C@H]1n1ccc(=O)[nH]c1=O. The number of esters is 1. The number of aliphatic hydroxyl groups is 1. The van der Waals surface area contributed by atoms with Gasteiger partial charge in [-0.2, -0.15) is 0 Å². The van der Waals surface area contributed by atoms with Crippen LogP contribution in [-0.4, -0.2) is 76.1 Å². The fourth-order valence-corrected chi connectivity index (χ4v) is 6.25. The zero-order valence-electron chi connectivity index (χ0n) is 28.5. The van der Waals surface area contributed by atoms with Crippen molar-refractivity contribution in [3.63, 3.8) is 0 Å². The molecule has 2 rings (SSSR count). The molecule has 14 nitrogen and oxygen atoms in total. The monoisotopic (exact) mass is 703 g/mol. The maximum absolute atomic E-state index is 12.3. The molecule has 0 bridgehead atoms. The van der Waals surface area contributed by atoms with Crippen LogP contribution in [-0.2, 0) is 32.9 Å². The highest BCUT2D eigenvalue weighted by Gasteiger charge is 2.48. The second-order valence-corrected chi connectivity index (χ2v) is 13.1. The molecule has 0 radical (unpaired) electrons. The quantitative estimate of drug-likeness (QED) is 0.0553.